The van der Waals surface area contributed by atoms with E-state index in [0.717, 1.165) is 18.4 Å². The Morgan fingerprint density at radius 2 is 1.95 bits per heavy atom. The van der Waals surface area contributed by atoms with E-state index in [1.165, 1.54) is 50.5 Å². The average Bonchev–Trinajstić information content (AvgIpc) is 2.30. The molecule has 0 heterocycles. The fraction of sp³-hybridized carbons (Fsp3) is 0.667. The number of benzene rings is 1. The van der Waals surface area contributed by atoms with E-state index in [-0.39, 0.29) is 0 Å². The summed E-state index contributed by atoms with van der Waals surface area (Å²) in [5.41, 5.74) is 3.11. The molecule has 0 spiro atoms. The van der Waals surface area contributed by atoms with Gasteiger partial charge in [0.1, 0.15) is 0 Å². The van der Waals surface area contributed by atoms with Gasteiger partial charge in [-0.2, -0.15) is 0 Å². The largest absolute Gasteiger partial charge is 0.310 e. The molecule has 0 aromatic heterocycles. The van der Waals surface area contributed by atoms with Gasteiger partial charge in [-0.3, -0.25) is 0 Å². The molecule has 1 unspecified atom stereocenters. The topological polar surface area (TPSA) is 12.0 Å². The first kappa shape index (κ1) is 13.2. The van der Waals surface area contributed by atoms with E-state index in [1.807, 2.05) is 0 Å². The molecular weight excluding hydrogens is 230 g/mol. The molecule has 1 nitrogen and oxygen atoms in total. The Morgan fingerprint density at radius 3 is 2.53 bits per heavy atom. The van der Waals surface area contributed by atoms with Gasteiger partial charge in [0.2, 0.25) is 0 Å². The van der Waals surface area contributed by atoms with Gasteiger partial charge in [0.15, 0.2) is 0 Å². The Kier molecular flexibility index (Phi) is 4.22. The molecule has 0 amide bonds. The van der Waals surface area contributed by atoms with Crippen LogP contribution in [0.15, 0.2) is 24.3 Å². The van der Waals surface area contributed by atoms with Gasteiger partial charge in [-0.1, -0.05) is 56.9 Å². The zero-order valence-corrected chi connectivity index (χ0v) is 12.2. The van der Waals surface area contributed by atoms with Gasteiger partial charge in [-0.05, 0) is 48.8 Å². The molecule has 0 saturated heterocycles. The van der Waals surface area contributed by atoms with Crippen LogP contribution in [-0.4, -0.2) is 6.54 Å². The van der Waals surface area contributed by atoms with Crippen molar-refractivity contribution in [2.75, 3.05) is 6.54 Å². The molecular formula is C18H27N. The van der Waals surface area contributed by atoms with Crippen LogP contribution in [0.4, 0.5) is 0 Å². The van der Waals surface area contributed by atoms with Gasteiger partial charge in [0.05, 0.1) is 0 Å². The molecule has 1 N–H and O–H groups in total. The monoisotopic (exact) mass is 257 g/mol. The zero-order valence-electron chi connectivity index (χ0n) is 12.2. The SMILES string of the molecule is CCNC(CC1CCC1)c1cccc(C2CCC2)c1. The van der Waals surface area contributed by atoms with Crippen LogP contribution in [0.25, 0.3) is 0 Å². The van der Waals surface area contributed by atoms with Crippen molar-refractivity contribution in [1.82, 2.24) is 5.32 Å². The summed E-state index contributed by atoms with van der Waals surface area (Å²) in [6.07, 6.45) is 9.91. The molecule has 104 valence electrons. The summed E-state index contributed by atoms with van der Waals surface area (Å²) in [6, 6.07) is 9.99. The molecule has 1 heteroatoms. The summed E-state index contributed by atoms with van der Waals surface area (Å²) in [7, 11) is 0. The van der Waals surface area contributed by atoms with Crippen molar-refractivity contribution in [1.29, 1.82) is 0 Å². The first-order chi connectivity index (χ1) is 9.36. The van der Waals surface area contributed by atoms with E-state index in [1.54, 1.807) is 5.56 Å². The third-order valence-electron chi connectivity index (χ3n) is 5.13. The van der Waals surface area contributed by atoms with E-state index in [0.29, 0.717) is 6.04 Å². The fourth-order valence-electron chi connectivity index (χ4n) is 3.42. The lowest BCUT2D eigenvalue weighted by Gasteiger charge is -2.31. The molecule has 2 aliphatic rings. The predicted molar refractivity (Wildman–Crippen MR) is 81.4 cm³/mol. The van der Waals surface area contributed by atoms with Crippen molar-refractivity contribution in [2.24, 2.45) is 5.92 Å². The van der Waals surface area contributed by atoms with Gasteiger partial charge in [0, 0.05) is 6.04 Å². The van der Waals surface area contributed by atoms with Crippen LogP contribution in [0.3, 0.4) is 0 Å². The number of rotatable bonds is 6. The Bertz CT molecular complexity index is 404. The highest BCUT2D eigenvalue weighted by Gasteiger charge is 2.24. The normalized spacial score (nSPS) is 21.7. The molecule has 0 bridgehead atoms. The van der Waals surface area contributed by atoms with E-state index < -0.39 is 0 Å². The maximum Gasteiger partial charge on any atom is 0.0322 e. The van der Waals surface area contributed by atoms with Crippen LogP contribution in [0.1, 0.15) is 75.0 Å². The Balaban J connectivity index is 1.72. The standard InChI is InChI=1S/C18H27N/c1-2-19-18(12-14-6-3-7-14)17-11-5-10-16(13-17)15-8-4-9-15/h5,10-11,13-15,18-19H,2-4,6-9,12H2,1H3. The van der Waals surface area contributed by atoms with Crippen LogP contribution in [0.5, 0.6) is 0 Å². The number of nitrogens with one attached hydrogen (secondary N) is 1. The molecule has 0 radical (unpaired) electrons. The van der Waals surface area contributed by atoms with E-state index >= 15 is 0 Å². The summed E-state index contributed by atoms with van der Waals surface area (Å²) in [6.45, 7) is 3.30. The second-order valence-corrected chi connectivity index (χ2v) is 6.44. The quantitative estimate of drug-likeness (QED) is 0.772. The van der Waals surface area contributed by atoms with Crippen LogP contribution in [0.2, 0.25) is 0 Å². The van der Waals surface area contributed by atoms with E-state index in [2.05, 4.69) is 36.5 Å². The minimum absolute atomic E-state index is 0.579. The predicted octanol–water partition coefficient (Wildman–Crippen LogP) is 4.79. The molecule has 1 atom stereocenters. The number of hydrogen-bond donors (Lipinski definition) is 1. The highest BCUT2D eigenvalue weighted by atomic mass is 14.9. The second kappa shape index (κ2) is 6.09. The van der Waals surface area contributed by atoms with Gasteiger partial charge in [0.25, 0.3) is 0 Å². The molecule has 19 heavy (non-hydrogen) atoms. The van der Waals surface area contributed by atoms with E-state index in [4.69, 9.17) is 0 Å². The Hall–Kier alpha value is -0.820. The third-order valence-corrected chi connectivity index (χ3v) is 5.13. The lowest BCUT2D eigenvalue weighted by Crippen LogP contribution is -2.26. The molecule has 1 aromatic rings. The maximum atomic E-state index is 3.70. The molecule has 1 aromatic carbocycles. The molecule has 2 aliphatic carbocycles. The summed E-state index contributed by atoms with van der Waals surface area (Å²) < 4.78 is 0. The highest BCUT2D eigenvalue weighted by molar-refractivity contribution is 5.29. The van der Waals surface area contributed by atoms with Crippen molar-refractivity contribution < 1.29 is 0 Å². The second-order valence-electron chi connectivity index (χ2n) is 6.44. The highest BCUT2D eigenvalue weighted by Crippen LogP contribution is 2.38. The third kappa shape index (κ3) is 3.02. The van der Waals surface area contributed by atoms with Gasteiger partial charge < -0.3 is 5.32 Å². The zero-order chi connectivity index (χ0) is 13.1. The molecule has 0 aliphatic heterocycles. The van der Waals surface area contributed by atoms with Crippen LogP contribution in [-0.2, 0) is 0 Å². The number of hydrogen-bond acceptors (Lipinski definition) is 1. The lowest BCUT2D eigenvalue weighted by atomic mass is 9.77. The fourth-order valence-corrected chi connectivity index (χ4v) is 3.42. The van der Waals surface area contributed by atoms with Crippen molar-refractivity contribution in [2.45, 2.75) is 63.8 Å². The van der Waals surface area contributed by atoms with Gasteiger partial charge >= 0.3 is 0 Å². The summed E-state index contributed by atoms with van der Waals surface area (Å²) >= 11 is 0. The molecule has 3 rings (SSSR count). The van der Waals surface area contributed by atoms with Crippen molar-refractivity contribution in [3.05, 3.63) is 35.4 Å². The van der Waals surface area contributed by atoms with Crippen molar-refractivity contribution in [3.63, 3.8) is 0 Å². The van der Waals surface area contributed by atoms with Gasteiger partial charge in [-0.15, -0.1) is 0 Å². The summed E-state index contributed by atoms with van der Waals surface area (Å²) in [4.78, 5) is 0. The maximum absolute atomic E-state index is 3.70. The summed E-state index contributed by atoms with van der Waals surface area (Å²) in [5, 5.41) is 3.70. The van der Waals surface area contributed by atoms with Gasteiger partial charge in [-0.25, -0.2) is 0 Å². The smallest absolute Gasteiger partial charge is 0.0322 e. The van der Waals surface area contributed by atoms with Crippen molar-refractivity contribution >= 4 is 0 Å². The van der Waals surface area contributed by atoms with Crippen LogP contribution < -0.4 is 5.32 Å². The van der Waals surface area contributed by atoms with E-state index in [9.17, 15) is 0 Å². The minimum atomic E-state index is 0.579. The Morgan fingerprint density at radius 1 is 1.16 bits per heavy atom. The first-order valence-corrected chi connectivity index (χ1v) is 8.20. The molecule has 2 saturated carbocycles. The first-order valence-electron chi connectivity index (χ1n) is 8.20. The molecule has 2 fully saturated rings. The Labute approximate surface area is 117 Å². The average molecular weight is 257 g/mol. The summed E-state index contributed by atoms with van der Waals surface area (Å²) in [5.74, 6) is 1.82. The van der Waals surface area contributed by atoms with Crippen molar-refractivity contribution in [3.8, 4) is 0 Å². The lowest BCUT2D eigenvalue weighted by molar-refractivity contribution is 0.262. The van der Waals surface area contributed by atoms with Crippen LogP contribution in [0, 0.1) is 5.92 Å². The minimum Gasteiger partial charge on any atom is -0.310 e. The van der Waals surface area contributed by atoms with Crippen LogP contribution >= 0.6 is 0 Å².